The summed E-state index contributed by atoms with van der Waals surface area (Å²) < 4.78 is 0. The fourth-order valence-corrected chi connectivity index (χ4v) is 2.61. The Bertz CT molecular complexity index is 412. The topological polar surface area (TPSA) is 3.24 Å². The summed E-state index contributed by atoms with van der Waals surface area (Å²) in [6.45, 7) is 14.9. The van der Waals surface area contributed by atoms with Crippen molar-refractivity contribution in [3.8, 4) is 0 Å². The average molecular weight is 259 g/mol. The zero-order chi connectivity index (χ0) is 14.3. The van der Waals surface area contributed by atoms with E-state index in [2.05, 4.69) is 70.7 Å². The lowest BCUT2D eigenvalue weighted by Crippen LogP contribution is -2.42. The van der Waals surface area contributed by atoms with Crippen LogP contribution in [0, 0.1) is 0 Å². The Balaban J connectivity index is 2.10. The predicted molar refractivity (Wildman–Crippen MR) is 83.5 cm³/mol. The van der Waals surface area contributed by atoms with Crippen molar-refractivity contribution in [1.29, 1.82) is 0 Å². The molecule has 1 aromatic carbocycles. The summed E-state index contributed by atoms with van der Waals surface area (Å²) in [5, 5.41) is 0. The van der Waals surface area contributed by atoms with Crippen LogP contribution in [0.5, 0.6) is 0 Å². The molecule has 2 rings (SSSR count). The Kier molecular flexibility index (Phi) is 3.79. The number of benzene rings is 1. The van der Waals surface area contributed by atoms with E-state index < -0.39 is 0 Å². The van der Waals surface area contributed by atoms with Gasteiger partial charge in [-0.2, -0.15) is 0 Å². The lowest BCUT2D eigenvalue weighted by Gasteiger charge is -2.36. The maximum absolute atomic E-state index is 2.65. The molecule has 0 radical (unpaired) electrons. The zero-order valence-corrected chi connectivity index (χ0v) is 13.5. The SMILES string of the molecule is CC(C)(C)c1ccc(CN(C2CC2)C(C)(C)C)cc1. The normalized spacial score (nSPS) is 17.0. The van der Waals surface area contributed by atoms with Gasteiger partial charge in [0.1, 0.15) is 0 Å². The molecule has 0 aliphatic heterocycles. The molecule has 0 heterocycles. The Morgan fingerprint density at radius 3 is 1.84 bits per heavy atom. The third-order valence-electron chi connectivity index (χ3n) is 4.02. The summed E-state index contributed by atoms with van der Waals surface area (Å²) in [6, 6.07) is 10.0. The van der Waals surface area contributed by atoms with Crippen molar-refractivity contribution in [2.45, 2.75) is 77.9 Å². The molecule has 1 saturated carbocycles. The van der Waals surface area contributed by atoms with E-state index in [-0.39, 0.29) is 11.0 Å². The summed E-state index contributed by atoms with van der Waals surface area (Å²) in [6.07, 6.45) is 2.74. The van der Waals surface area contributed by atoms with Crippen LogP contribution in [-0.2, 0) is 12.0 Å². The van der Waals surface area contributed by atoms with Crippen LogP contribution in [0.25, 0.3) is 0 Å². The van der Waals surface area contributed by atoms with Gasteiger partial charge in [0.2, 0.25) is 0 Å². The summed E-state index contributed by atoms with van der Waals surface area (Å²) in [5.74, 6) is 0. The van der Waals surface area contributed by atoms with E-state index in [1.165, 1.54) is 24.0 Å². The minimum atomic E-state index is 0.249. The second kappa shape index (κ2) is 4.94. The largest absolute Gasteiger partial charge is 0.291 e. The van der Waals surface area contributed by atoms with Gasteiger partial charge >= 0.3 is 0 Å². The van der Waals surface area contributed by atoms with Gasteiger partial charge in [-0.3, -0.25) is 4.90 Å². The van der Waals surface area contributed by atoms with Crippen LogP contribution in [0.15, 0.2) is 24.3 Å². The Labute approximate surface area is 119 Å². The molecule has 1 fully saturated rings. The minimum Gasteiger partial charge on any atom is -0.291 e. The van der Waals surface area contributed by atoms with Crippen molar-refractivity contribution in [2.24, 2.45) is 0 Å². The second-order valence-corrected chi connectivity index (χ2v) is 7.98. The average Bonchev–Trinajstić information content (AvgIpc) is 3.07. The van der Waals surface area contributed by atoms with Gasteiger partial charge in [-0.1, -0.05) is 45.0 Å². The molecule has 1 aromatic rings. The lowest BCUT2D eigenvalue weighted by atomic mass is 9.86. The van der Waals surface area contributed by atoms with Gasteiger partial charge in [-0.05, 0) is 50.2 Å². The van der Waals surface area contributed by atoms with Crippen molar-refractivity contribution in [2.75, 3.05) is 0 Å². The highest BCUT2D eigenvalue weighted by atomic mass is 15.2. The molecular weight excluding hydrogens is 230 g/mol. The highest BCUT2D eigenvalue weighted by Crippen LogP contribution is 2.34. The molecule has 1 heteroatoms. The quantitative estimate of drug-likeness (QED) is 0.757. The van der Waals surface area contributed by atoms with Gasteiger partial charge in [0, 0.05) is 18.1 Å². The highest BCUT2D eigenvalue weighted by molar-refractivity contribution is 5.27. The zero-order valence-electron chi connectivity index (χ0n) is 13.5. The van der Waals surface area contributed by atoms with Crippen molar-refractivity contribution < 1.29 is 0 Å². The van der Waals surface area contributed by atoms with E-state index in [1.54, 1.807) is 0 Å². The van der Waals surface area contributed by atoms with Crippen molar-refractivity contribution >= 4 is 0 Å². The van der Waals surface area contributed by atoms with E-state index in [0.29, 0.717) is 0 Å². The molecule has 0 aromatic heterocycles. The molecule has 0 bridgehead atoms. The Morgan fingerprint density at radius 2 is 1.47 bits per heavy atom. The monoisotopic (exact) mass is 259 g/mol. The smallest absolute Gasteiger partial charge is 0.0241 e. The van der Waals surface area contributed by atoms with E-state index >= 15 is 0 Å². The van der Waals surface area contributed by atoms with Gasteiger partial charge in [-0.25, -0.2) is 0 Å². The molecular formula is C18H29N. The molecule has 19 heavy (non-hydrogen) atoms. The van der Waals surface area contributed by atoms with Gasteiger partial charge in [-0.15, -0.1) is 0 Å². The van der Waals surface area contributed by atoms with E-state index in [0.717, 1.165) is 12.6 Å². The fraction of sp³-hybridized carbons (Fsp3) is 0.667. The fourth-order valence-electron chi connectivity index (χ4n) is 2.61. The molecule has 1 aliphatic carbocycles. The van der Waals surface area contributed by atoms with Crippen LogP contribution in [-0.4, -0.2) is 16.5 Å². The third kappa shape index (κ3) is 3.82. The van der Waals surface area contributed by atoms with Crippen molar-refractivity contribution in [3.05, 3.63) is 35.4 Å². The van der Waals surface area contributed by atoms with Crippen LogP contribution in [0.2, 0.25) is 0 Å². The first kappa shape index (κ1) is 14.6. The first-order chi connectivity index (χ1) is 8.68. The molecule has 0 saturated heterocycles. The first-order valence-electron chi connectivity index (χ1n) is 7.54. The maximum Gasteiger partial charge on any atom is 0.0241 e. The number of hydrogen-bond donors (Lipinski definition) is 0. The molecule has 0 amide bonds. The van der Waals surface area contributed by atoms with E-state index in [1.807, 2.05) is 0 Å². The molecule has 0 unspecified atom stereocenters. The summed E-state index contributed by atoms with van der Waals surface area (Å²) >= 11 is 0. The van der Waals surface area contributed by atoms with Crippen molar-refractivity contribution in [1.82, 2.24) is 4.90 Å². The molecule has 1 nitrogen and oxygen atoms in total. The summed E-state index contributed by atoms with van der Waals surface area (Å²) in [5.41, 5.74) is 3.38. The van der Waals surface area contributed by atoms with Crippen LogP contribution in [0.3, 0.4) is 0 Å². The maximum atomic E-state index is 2.65. The second-order valence-electron chi connectivity index (χ2n) is 7.98. The van der Waals surface area contributed by atoms with E-state index in [4.69, 9.17) is 0 Å². The first-order valence-corrected chi connectivity index (χ1v) is 7.54. The summed E-state index contributed by atoms with van der Waals surface area (Å²) in [4.78, 5) is 2.65. The standard InChI is InChI=1S/C18H29N/c1-17(2,3)15-9-7-14(8-10-15)13-19(16-11-12-16)18(4,5)6/h7-10,16H,11-13H2,1-6H3. The number of nitrogens with zero attached hydrogens (tertiary/aromatic N) is 1. The van der Waals surface area contributed by atoms with Crippen molar-refractivity contribution in [3.63, 3.8) is 0 Å². The number of rotatable bonds is 3. The molecule has 0 spiro atoms. The summed E-state index contributed by atoms with van der Waals surface area (Å²) in [7, 11) is 0. The van der Waals surface area contributed by atoms with Crippen LogP contribution < -0.4 is 0 Å². The Morgan fingerprint density at radius 1 is 0.947 bits per heavy atom. The third-order valence-corrected chi connectivity index (χ3v) is 4.02. The molecule has 106 valence electrons. The van der Waals surface area contributed by atoms with Gasteiger partial charge < -0.3 is 0 Å². The molecule has 0 atom stereocenters. The molecule has 0 N–H and O–H groups in total. The van der Waals surface area contributed by atoms with Gasteiger partial charge in [0.05, 0.1) is 0 Å². The van der Waals surface area contributed by atoms with Crippen LogP contribution >= 0.6 is 0 Å². The van der Waals surface area contributed by atoms with Gasteiger partial charge in [0.25, 0.3) is 0 Å². The Hall–Kier alpha value is -0.820. The highest BCUT2D eigenvalue weighted by Gasteiger charge is 2.35. The molecule has 1 aliphatic rings. The van der Waals surface area contributed by atoms with Crippen LogP contribution in [0.1, 0.15) is 65.5 Å². The lowest BCUT2D eigenvalue weighted by molar-refractivity contribution is 0.118. The minimum absolute atomic E-state index is 0.249. The number of hydrogen-bond acceptors (Lipinski definition) is 1. The van der Waals surface area contributed by atoms with E-state index in [9.17, 15) is 0 Å². The van der Waals surface area contributed by atoms with Crippen LogP contribution in [0.4, 0.5) is 0 Å². The predicted octanol–water partition coefficient (Wildman–Crippen LogP) is 4.75. The van der Waals surface area contributed by atoms with Gasteiger partial charge in [0.15, 0.2) is 0 Å².